The second-order valence-corrected chi connectivity index (χ2v) is 4.48. The lowest BCUT2D eigenvalue weighted by molar-refractivity contribution is -0.125. The van der Waals surface area contributed by atoms with Gasteiger partial charge in [-0.25, -0.2) is 0 Å². The lowest BCUT2D eigenvalue weighted by Gasteiger charge is -2.18. The smallest absolute Gasteiger partial charge is 0.224 e. The molecule has 0 radical (unpaired) electrons. The topological polar surface area (TPSA) is 68.0 Å². The van der Waals surface area contributed by atoms with Crippen molar-refractivity contribution in [2.75, 3.05) is 13.1 Å². The fraction of sp³-hybridized carbons (Fsp3) is 0.538. The Hall–Kier alpha value is -1.42. The molecule has 0 aliphatic rings. The summed E-state index contributed by atoms with van der Waals surface area (Å²) in [5.74, 6) is 0.241. The van der Waals surface area contributed by atoms with Crippen molar-refractivity contribution in [1.29, 1.82) is 0 Å². The molecule has 0 aromatic carbocycles. The molecule has 0 aliphatic heterocycles. The molecule has 0 saturated heterocycles. The van der Waals surface area contributed by atoms with Crippen molar-refractivity contribution < 1.29 is 4.79 Å². The second-order valence-electron chi connectivity index (χ2n) is 4.48. The van der Waals surface area contributed by atoms with Gasteiger partial charge in [0.2, 0.25) is 5.91 Å². The van der Waals surface area contributed by atoms with Gasteiger partial charge in [0.15, 0.2) is 0 Å². The van der Waals surface area contributed by atoms with Gasteiger partial charge in [0.25, 0.3) is 0 Å². The van der Waals surface area contributed by atoms with E-state index in [0.717, 1.165) is 6.42 Å². The van der Waals surface area contributed by atoms with Crippen LogP contribution in [0.1, 0.15) is 19.4 Å². The largest absolute Gasteiger partial charge is 0.355 e. The van der Waals surface area contributed by atoms with Crippen LogP contribution in [0.25, 0.3) is 0 Å². The second kappa shape index (κ2) is 7.01. The molecule has 4 heteroatoms. The highest BCUT2D eigenvalue weighted by Crippen LogP contribution is 2.08. The van der Waals surface area contributed by atoms with Gasteiger partial charge in [0.1, 0.15) is 0 Å². The van der Waals surface area contributed by atoms with Crippen LogP contribution >= 0.6 is 0 Å². The van der Waals surface area contributed by atoms with E-state index in [9.17, 15) is 4.79 Å². The Balaban J connectivity index is 2.33. The minimum atomic E-state index is -0.0903. The molecular weight excluding hydrogens is 214 g/mol. The number of nitrogens with two attached hydrogens (primary N) is 1. The number of carbonyl (C=O) groups is 1. The summed E-state index contributed by atoms with van der Waals surface area (Å²) in [7, 11) is 0. The normalized spacial score (nSPS) is 12.5. The fourth-order valence-electron chi connectivity index (χ4n) is 1.69. The lowest BCUT2D eigenvalue weighted by Crippen LogP contribution is -2.38. The van der Waals surface area contributed by atoms with Crippen LogP contribution < -0.4 is 11.1 Å². The predicted octanol–water partition coefficient (Wildman–Crippen LogP) is 0.971. The summed E-state index contributed by atoms with van der Waals surface area (Å²) in [6.45, 7) is 5.07. The molecule has 1 amide bonds. The number of rotatable bonds is 6. The Morgan fingerprint density at radius 3 is 2.59 bits per heavy atom. The molecule has 4 nitrogen and oxygen atoms in total. The zero-order valence-electron chi connectivity index (χ0n) is 10.5. The summed E-state index contributed by atoms with van der Waals surface area (Å²) in [5.41, 5.74) is 6.76. The average Bonchev–Trinajstić information content (AvgIpc) is 2.30. The summed E-state index contributed by atoms with van der Waals surface area (Å²) in [4.78, 5) is 15.8. The molecule has 1 atom stereocenters. The Morgan fingerprint density at radius 1 is 1.41 bits per heavy atom. The van der Waals surface area contributed by atoms with Crippen molar-refractivity contribution in [3.05, 3.63) is 30.1 Å². The van der Waals surface area contributed by atoms with Crippen molar-refractivity contribution in [3.63, 3.8) is 0 Å². The quantitative estimate of drug-likeness (QED) is 0.772. The van der Waals surface area contributed by atoms with Gasteiger partial charge in [0, 0.05) is 25.5 Å². The van der Waals surface area contributed by atoms with E-state index >= 15 is 0 Å². The number of hydrogen-bond acceptors (Lipinski definition) is 3. The standard InChI is InChI=1S/C13H21N3O/c1-10(2)12(9-14)13(17)16-8-5-11-3-6-15-7-4-11/h3-4,6-7,10,12H,5,8-9,14H2,1-2H3,(H,16,17). The first kappa shape index (κ1) is 13.6. The Morgan fingerprint density at radius 2 is 2.06 bits per heavy atom. The maximum absolute atomic E-state index is 11.8. The zero-order chi connectivity index (χ0) is 12.7. The van der Waals surface area contributed by atoms with Gasteiger partial charge in [-0.3, -0.25) is 9.78 Å². The van der Waals surface area contributed by atoms with Crippen LogP contribution in [-0.2, 0) is 11.2 Å². The van der Waals surface area contributed by atoms with Crippen LogP contribution in [0.4, 0.5) is 0 Å². The predicted molar refractivity (Wildman–Crippen MR) is 68.3 cm³/mol. The molecule has 0 spiro atoms. The third-order valence-corrected chi connectivity index (χ3v) is 2.86. The average molecular weight is 235 g/mol. The highest BCUT2D eigenvalue weighted by atomic mass is 16.1. The SMILES string of the molecule is CC(C)C(CN)C(=O)NCCc1ccncc1. The number of carbonyl (C=O) groups excluding carboxylic acids is 1. The Kier molecular flexibility index (Phi) is 5.63. The summed E-state index contributed by atoms with van der Waals surface area (Å²) >= 11 is 0. The number of hydrogen-bond donors (Lipinski definition) is 2. The monoisotopic (exact) mass is 235 g/mol. The first-order chi connectivity index (χ1) is 8.15. The van der Waals surface area contributed by atoms with Crippen LogP contribution in [-0.4, -0.2) is 24.0 Å². The van der Waals surface area contributed by atoms with E-state index in [1.54, 1.807) is 12.4 Å². The molecule has 1 aromatic rings. The molecule has 0 fully saturated rings. The highest BCUT2D eigenvalue weighted by molar-refractivity contribution is 5.79. The molecule has 1 unspecified atom stereocenters. The Bertz CT molecular complexity index is 338. The number of amides is 1. The molecule has 0 aliphatic carbocycles. The first-order valence-corrected chi connectivity index (χ1v) is 6.01. The van der Waals surface area contributed by atoms with E-state index in [4.69, 9.17) is 5.73 Å². The van der Waals surface area contributed by atoms with Crippen molar-refractivity contribution in [1.82, 2.24) is 10.3 Å². The molecule has 94 valence electrons. The Labute approximate surface area is 103 Å². The highest BCUT2D eigenvalue weighted by Gasteiger charge is 2.19. The van der Waals surface area contributed by atoms with Crippen LogP contribution in [0.15, 0.2) is 24.5 Å². The van der Waals surface area contributed by atoms with Gasteiger partial charge < -0.3 is 11.1 Å². The molecule has 3 N–H and O–H groups in total. The molecule has 1 heterocycles. The maximum Gasteiger partial charge on any atom is 0.224 e. The van der Waals surface area contributed by atoms with E-state index in [-0.39, 0.29) is 17.7 Å². The van der Waals surface area contributed by atoms with Gasteiger partial charge in [-0.2, -0.15) is 0 Å². The first-order valence-electron chi connectivity index (χ1n) is 6.01. The van der Waals surface area contributed by atoms with Crippen LogP contribution in [0.2, 0.25) is 0 Å². The number of nitrogens with zero attached hydrogens (tertiary/aromatic N) is 1. The van der Waals surface area contributed by atoms with E-state index in [0.29, 0.717) is 13.1 Å². The fourth-order valence-corrected chi connectivity index (χ4v) is 1.69. The lowest BCUT2D eigenvalue weighted by atomic mass is 9.95. The molecular formula is C13H21N3O. The number of aromatic nitrogens is 1. The van der Waals surface area contributed by atoms with Gasteiger partial charge >= 0.3 is 0 Å². The van der Waals surface area contributed by atoms with Gasteiger partial charge in [0.05, 0.1) is 5.92 Å². The van der Waals surface area contributed by atoms with E-state index < -0.39 is 0 Å². The van der Waals surface area contributed by atoms with Crippen molar-refractivity contribution in [3.8, 4) is 0 Å². The van der Waals surface area contributed by atoms with Crippen LogP contribution in [0.5, 0.6) is 0 Å². The minimum absolute atomic E-state index is 0.0524. The van der Waals surface area contributed by atoms with E-state index in [1.807, 2.05) is 26.0 Å². The number of nitrogens with one attached hydrogen (secondary N) is 1. The molecule has 17 heavy (non-hydrogen) atoms. The summed E-state index contributed by atoms with van der Waals surface area (Å²) in [5, 5.41) is 2.92. The summed E-state index contributed by atoms with van der Waals surface area (Å²) in [6.07, 6.45) is 4.34. The maximum atomic E-state index is 11.8. The van der Waals surface area contributed by atoms with Gasteiger partial charge in [-0.15, -0.1) is 0 Å². The van der Waals surface area contributed by atoms with Crippen LogP contribution in [0.3, 0.4) is 0 Å². The van der Waals surface area contributed by atoms with Gasteiger partial charge in [-0.1, -0.05) is 13.8 Å². The van der Waals surface area contributed by atoms with Crippen LogP contribution in [0, 0.1) is 11.8 Å². The minimum Gasteiger partial charge on any atom is -0.355 e. The molecule has 0 saturated carbocycles. The zero-order valence-corrected chi connectivity index (χ0v) is 10.5. The van der Waals surface area contributed by atoms with Crippen molar-refractivity contribution in [2.24, 2.45) is 17.6 Å². The van der Waals surface area contributed by atoms with E-state index in [1.165, 1.54) is 5.56 Å². The third-order valence-electron chi connectivity index (χ3n) is 2.86. The number of pyridine rings is 1. The third kappa shape index (κ3) is 4.53. The van der Waals surface area contributed by atoms with Gasteiger partial charge in [-0.05, 0) is 30.0 Å². The summed E-state index contributed by atoms with van der Waals surface area (Å²) < 4.78 is 0. The summed E-state index contributed by atoms with van der Waals surface area (Å²) in [6, 6.07) is 3.91. The molecule has 0 bridgehead atoms. The van der Waals surface area contributed by atoms with Crippen molar-refractivity contribution in [2.45, 2.75) is 20.3 Å². The van der Waals surface area contributed by atoms with Crippen molar-refractivity contribution >= 4 is 5.91 Å². The molecule has 1 rings (SSSR count). The molecule has 1 aromatic heterocycles. The van der Waals surface area contributed by atoms with E-state index in [2.05, 4.69) is 10.3 Å².